The molecule has 1 amide bonds. The van der Waals surface area contributed by atoms with Crippen LogP contribution >= 0.6 is 0 Å². The Hall–Kier alpha value is -2.57. The molecule has 0 bridgehead atoms. The molecule has 0 fully saturated rings. The van der Waals surface area contributed by atoms with E-state index in [4.69, 9.17) is 9.15 Å². The number of methoxy groups -OCH3 is 1. The molecule has 0 atom stereocenters. The van der Waals surface area contributed by atoms with Crippen LogP contribution in [0.1, 0.15) is 16.2 Å². The minimum absolute atomic E-state index is 0.0280. The van der Waals surface area contributed by atoms with E-state index in [0.29, 0.717) is 11.6 Å². The lowest BCUT2D eigenvalue weighted by Crippen LogP contribution is -2.12. The number of benzene rings is 1. The van der Waals surface area contributed by atoms with Crippen molar-refractivity contribution in [3.8, 4) is 11.5 Å². The second-order valence-corrected chi connectivity index (χ2v) is 3.46. The molecular weight excluding hydrogens is 238 g/mol. The van der Waals surface area contributed by atoms with Crippen molar-refractivity contribution in [2.45, 2.75) is 6.92 Å². The molecular formula is C11H11N3O4. The van der Waals surface area contributed by atoms with Crippen molar-refractivity contribution in [2.75, 3.05) is 12.4 Å². The number of hydrogen-bond acceptors (Lipinski definition) is 6. The van der Waals surface area contributed by atoms with Gasteiger partial charge in [0.25, 0.3) is 5.91 Å². The third-order valence-corrected chi connectivity index (χ3v) is 2.19. The molecule has 7 nitrogen and oxygen atoms in total. The molecule has 94 valence electrons. The summed E-state index contributed by atoms with van der Waals surface area (Å²) < 4.78 is 9.98. The third kappa shape index (κ3) is 2.40. The number of phenolic OH excluding ortho intramolecular Hbond substituents is 1. The number of hydrogen-bond donors (Lipinski definition) is 2. The van der Waals surface area contributed by atoms with Crippen LogP contribution in [0.25, 0.3) is 0 Å². The highest BCUT2D eigenvalue weighted by Gasteiger charge is 2.15. The fraction of sp³-hybridized carbons (Fsp3) is 0.182. The molecule has 0 spiro atoms. The fourth-order valence-electron chi connectivity index (χ4n) is 1.34. The molecule has 0 saturated heterocycles. The number of aryl methyl sites for hydroxylation is 1. The fourth-order valence-corrected chi connectivity index (χ4v) is 1.34. The summed E-state index contributed by atoms with van der Waals surface area (Å²) in [6.07, 6.45) is 0. The Labute approximate surface area is 102 Å². The number of anilines is 1. The number of ether oxygens (including phenoxy) is 1. The molecule has 2 rings (SSSR count). The first-order valence-electron chi connectivity index (χ1n) is 5.08. The standard InChI is InChI=1S/C11H11N3O4/c1-6-13-14-11(18-6)12-10(16)8-5-7(17-2)3-4-9(8)15/h3-5,15H,1-2H3,(H,12,14,16). The van der Waals surface area contributed by atoms with Crippen LogP contribution < -0.4 is 10.1 Å². The summed E-state index contributed by atoms with van der Waals surface area (Å²) in [5.74, 6) is 0.0689. The Morgan fingerprint density at radius 3 is 2.83 bits per heavy atom. The number of aromatic hydroxyl groups is 1. The second-order valence-electron chi connectivity index (χ2n) is 3.46. The molecule has 18 heavy (non-hydrogen) atoms. The Balaban J connectivity index is 2.23. The van der Waals surface area contributed by atoms with E-state index in [2.05, 4.69) is 15.5 Å². The Bertz CT molecular complexity index is 579. The predicted molar refractivity (Wildman–Crippen MR) is 61.6 cm³/mol. The molecule has 0 aliphatic rings. The van der Waals surface area contributed by atoms with Gasteiger partial charge in [0, 0.05) is 6.92 Å². The van der Waals surface area contributed by atoms with E-state index in [-0.39, 0.29) is 17.3 Å². The zero-order chi connectivity index (χ0) is 13.1. The Morgan fingerprint density at radius 2 is 2.22 bits per heavy atom. The van der Waals surface area contributed by atoms with Gasteiger partial charge in [0.05, 0.1) is 12.7 Å². The number of aromatic nitrogens is 2. The molecule has 0 unspecified atom stereocenters. The summed E-state index contributed by atoms with van der Waals surface area (Å²) >= 11 is 0. The van der Waals surface area contributed by atoms with Crippen molar-refractivity contribution in [1.29, 1.82) is 0 Å². The van der Waals surface area contributed by atoms with Gasteiger partial charge in [0.1, 0.15) is 11.5 Å². The van der Waals surface area contributed by atoms with Gasteiger partial charge in [-0.1, -0.05) is 5.10 Å². The molecule has 0 aliphatic carbocycles. The molecule has 0 aliphatic heterocycles. The summed E-state index contributed by atoms with van der Waals surface area (Å²) in [6, 6.07) is 4.30. The minimum atomic E-state index is -0.560. The molecule has 1 aromatic heterocycles. The van der Waals surface area contributed by atoms with E-state index in [9.17, 15) is 9.90 Å². The minimum Gasteiger partial charge on any atom is -0.507 e. The third-order valence-electron chi connectivity index (χ3n) is 2.19. The largest absolute Gasteiger partial charge is 0.507 e. The van der Waals surface area contributed by atoms with Gasteiger partial charge in [0.2, 0.25) is 5.89 Å². The number of rotatable bonds is 3. The zero-order valence-electron chi connectivity index (χ0n) is 9.80. The number of phenols is 1. The summed E-state index contributed by atoms with van der Waals surface area (Å²) in [6.45, 7) is 1.60. The predicted octanol–water partition coefficient (Wildman–Crippen LogP) is 1.34. The van der Waals surface area contributed by atoms with Crippen LogP contribution in [0.2, 0.25) is 0 Å². The van der Waals surface area contributed by atoms with Crippen molar-refractivity contribution in [1.82, 2.24) is 10.2 Å². The van der Waals surface area contributed by atoms with Crippen molar-refractivity contribution in [3.05, 3.63) is 29.7 Å². The van der Waals surface area contributed by atoms with Crippen LogP contribution in [0.5, 0.6) is 11.5 Å². The molecule has 0 radical (unpaired) electrons. The van der Waals surface area contributed by atoms with Gasteiger partial charge in [-0.15, -0.1) is 5.10 Å². The molecule has 7 heteroatoms. The Kier molecular flexibility index (Phi) is 3.13. The highest BCUT2D eigenvalue weighted by Crippen LogP contribution is 2.23. The maximum absolute atomic E-state index is 11.9. The summed E-state index contributed by atoms with van der Waals surface area (Å²) in [5.41, 5.74) is 0.0604. The van der Waals surface area contributed by atoms with Gasteiger partial charge in [-0.25, -0.2) is 0 Å². The van der Waals surface area contributed by atoms with Crippen molar-refractivity contribution in [3.63, 3.8) is 0 Å². The summed E-state index contributed by atoms with van der Waals surface area (Å²) in [4.78, 5) is 11.9. The van der Waals surface area contributed by atoms with Crippen LogP contribution in [0.4, 0.5) is 6.01 Å². The van der Waals surface area contributed by atoms with E-state index in [0.717, 1.165) is 0 Å². The first-order chi connectivity index (χ1) is 8.60. The van der Waals surface area contributed by atoms with E-state index in [1.807, 2.05) is 0 Å². The van der Waals surface area contributed by atoms with Crippen LogP contribution in [0.15, 0.2) is 22.6 Å². The zero-order valence-corrected chi connectivity index (χ0v) is 9.80. The number of nitrogens with zero attached hydrogens (tertiary/aromatic N) is 2. The van der Waals surface area contributed by atoms with Gasteiger partial charge < -0.3 is 14.3 Å². The van der Waals surface area contributed by atoms with Gasteiger partial charge in [-0.3, -0.25) is 10.1 Å². The van der Waals surface area contributed by atoms with Crippen molar-refractivity contribution in [2.24, 2.45) is 0 Å². The van der Waals surface area contributed by atoms with E-state index in [1.54, 1.807) is 13.0 Å². The van der Waals surface area contributed by atoms with Gasteiger partial charge >= 0.3 is 6.01 Å². The first kappa shape index (κ1) is 11.9. The van der Waals surface area contributed by atoms with E-state index < -0.39 is 5.91 Å². The van der Waals surface area contributed by atoms with Gasteiger partial charge in [0.15, 0.2) is 0 Å². The smallest absolute Gasteiger partial charge is 0.322 e. The molecule has 2 N–H and O–H groups in total. The topological polar surface area (TPSA) is 97.5 Å². The monoisotopic (exact) mass is 249 g/mol. The summed E-state index contributed by atoms with van der Waals surface area (Å²) in [5, 5.41) is 19.2. The molecule has 2 aromatic rings. The molecule has 0 saturated carbocycles. The first-order valence-corrected chi connectivity index (χ1v) is 5.08. The number of amides is 1. The maximum Gasteiger partial charge on any atom is 0.322 e. The van der Waals surface area contributed by atoms with Crippen LogP contribution in [-0.2, 0) is 0 Å². The lowest BCUT2D eigenvalue weighted by molar-refractivity contribution is 0.102. The van der Waals surface area contributed by atoms with E-state index in [1.165, 1.54) is 19.2 Å². The van der Waals surface area contributed by atoms with Gasteiger partial charge in [-0.2, -0.15) is 0 Å². The number of nitrogens with one attached hydrogen (secondary N) is 1. The SMILES string of the molecule is COc1ccc(O)c(C(=O)Nc2nnc(C)o2)c1. The van der Waals surface area contributed by atoms with Crippen LogP contribution in [0, 0.1) is 6.92 Å². The van der Waals surface area contributed by atoms with Crippen molar-refractivity contribution >= 4 is 11.9 Å². The normalized spacial score (nSPS) is 10.1. The number of carbonyl (C=O) groups excluding carboxylic acids is 1. The molecule has 1 aromatic carbocycles. The second kappa shape index (κ2) is 4.74. The Morgan fingerprint density at radius 1 is 1.44 bits per heavy atom. The number of carbonyl (C=O) groups is 1. The van der Waals surface area contributed by atoms with Crippen molar-refractivity contribution < 1.29 is 19.1 Å². The summed E-state index contributed by atoms with van der Waals surface area (Å²) in [7, 11) is 1.47. The lowest BCUT2D eigenvalue weighted by Gasteiger charge is -2.05. The van der Waals surface area contributed by atoms with E-state index >= 15 is 0 Å². The lowest BCUT2D eigenvalue weighted by atomic mass is 10.2. The maximum atomic E-state index is 11.9. The van der Waals surface area contributed by atoms with Crippen LogP contribution in [0.3, 0.4) is 0 Å². The highest BCUT2D eigenvalue weighted by atomic mass is 16.5. The van der Waals surface area contributed by atoms with Gasteiger partial charge in [-0.05, 0) is 18.2 Å². The average Bonchev–Trinajstić information content (AvgIpc) is 2.75. The quantitative estimate of drug-likeness (QED) is 0.851. The highest BCUT2D eigenvalue weighted by molar-refractivity contribution is 6.05. The van der Waals surface area contributed by atoms with Crippen LogP contribution in [-0.4, -0.2) is 28.3 Å². The average molecular weight is 249 g/mol. The molecule has 1 heterocycles.